The number of imide groups is 1. The first-order chi connectivity index (χ1) is 11.4. The molecule has 3 amide bonds. The van der Waals surface area contributed by atoms with Crippen molar-refractivity contribution in [2.24, 2.45) is 11.8 Å². The molecule has 1 aliphatic carbocycles. The summed E-state index contributed by atoms with van der Waals surface area (Å²) in [7, 11) is 0. The van der Waals surface area contributed by atoms with Gasteiger partial charge in [0.25, 0.3) is 5.91 Å². The van der Waals surface area contributed by atoms with Gasteiger partial charge in [0.15, 0.2) is 6.61 Å². The molecule has 0 aromatic carbocycles. The summed E-state index contributed by atoms with van der Waals surface area (Å²) < 4.78 is 4.94. The standard InChI is InChI=1S/C17H26N2O5/c1-11-4-3-5-13(12(11)2)18-14(20)10-24-17(23)8-9-19-15(21)6-7-16(19)22/h11-13H,3-10H2,1-2H3,(H,18,20)/t11-,12-,13-/m1/s1. The highest BCUT2D eigenvalue weighted by molar-refractivity contribution is 6.02. The zero-order chi connectivity index (χ0) is 17.7. The molecule has 0 spiro atoms. The lowest BCUT2D eigenvalue weighted by Crippen LogP contribution is -2.45. The van der Waals surface area contributed by atoms with Crippen LogP contribution in [0.1, 0.15) is 52.4 Å². The predicted octanol–water partition coefficient (Wildman–Crippen LogP) is 1.01. The van der Waals surface area contributed by atoms with Crippen molar-refractivity contribution < 1.29 is 23.9 Å². The van der Waals surface area contributed by atoms with Gasteiger partial charge in [0, 0.05) is 25.4 Å². The highest BCUT2D eigenvalue weighted by atomic mass is 16.5. The second-order valence-electron chi connectivity index (χ2n) is 6.79. The second-order valence-corrected chi connectivity index (χ2v) is 6.79. The maximum Gasteiger partial charge on any atom is 0.308 e. The molecule has 2 rings (SSSR count). The van der Waals surface area contributed by atoms with Gasteiger partial charge in [-0.3, -0.25) is 24.1 Å². The van der Waals surface area contributed by atoms with E-state index in [1.807, 2.05) is 0 Å². The van der Waals surface area contributed by atoms with Gasteiger partial charge in [-0.2, -0.15) is 0 Å². The summed E-state index contributed by atoms with van der Waals surface area (Å²) in [6.07, 6.45) is 3.54. The summed E-state index contributed by atoms with van der Waals surface area (Å²) in [5.41, 5.74) is 0. The summed E-state index contributed by atoms with van der Waals surface area (Å²) in [6.45, 7) is 4.02. The zero-order valence-corrected chi connectivity index (χ0v) is 14.4. The van der Waals surface area contributed by atoms with Gasteiger partial charge in [0.05, 0.1) is 6.42 Å². The minimum absolute atomic E-state index is 0.0231. The van der Waals surface area contributed by atoms with Crippen molar-refractivity contribution in [1.29, 1.82) is 0 Å². The third kappa shape index (κ3) is 4.79. The van der Waals surface area contributed by atoms with Gasteiger partial charge in [0.2, 0.25) is 11.8 Å². The summed E-state index contributed by atoms with van der Waals surface area (Å²) >= 11 is 0. The van der Waals surface area contributed by atoms with E-state index in [0.29, 0.717) is 11.8 Å². The number of nitrogens with zero attached hydrogens (tertiary/aromatic N) is 1. The number of hydrogen-bond acceptors (Lipinski definition) is 5. The first-order valence-corrected chi connectivity index (χ1v) is 8.66. The predicted molar refractivity (Wildman–Crippen MR) is 85.6 cm³/mol. The molecule has 1 aliphatic heterocycles. The largest absolute Gasteiger partial charge is 0.456 e. The van der Waals surface area contributed by atoms with Crippen LogP contribution in [0, 0.1) is 11.8 Å². The fourth-order valence-corrected chi connectivity index (χ4v) is 3.33. The minimum atomic E-state index is -0.581. The molecule has 2 aliphatic rings. The normalized spacial score (nSPS) is 27.2. The van der Waals surface area contributed by atoms with E-state index in [0.717, 1.165) is 17.7 Å². The number of ether oxygens (including phenoxy) is 1. The summed E-state index contributed by atoms with van der Waals surface area (Å²) in [6, 6.07) is 0.125. The van der Waals surface area contributed by atoms with Crippen molar-refractivity contribution in [2.45, 2.75) is 58.4 Å². The smallest absolute Gasteiger partial charge is 0.308 e. The molecular formula is C17H26N2O5. The van der Waals surface area contributed by atoms with E-state index < -0.39 is 5.97 Å². The van der Waals surface area contributed by atoms with Crippen LogP contribution >= 0.6 is 0 Å². The Kier molecular flexibility index (Phi) is 6.34. The first kappa shape index (κ1) is 18.4. The van der Waals surface area contributed by atoms with Crippen LogP contribution < -0.4 is 5.32 Å². The van der Waals surface area contributed by atoms with Gasteiger partial charge in [-0.25, -0.2) is 0 Å². The topological polar surface area (TPSA) is 92.8 Å². The molecule has 0 unspecified atom stereocenters. The fraction of sp³-hybridized carbons (Fsp3) is 0.765. The number of nitrogens with one attached hydrogen (secondary N) is 1. The SMILES string of the molecule is C[C@@H]1[C@H](C)CCC[C@H]1NC(=O)COC(=O)CCN1C(=O)CCC1=O. The van der Waals surface area contributed by atoms with E-state index >= 15 is 0 Å². The van der Waals surface area contributed by atoms with Crippen LogP contribution in [0.5, 0.6) is 0 Å². The van der Waals surface area contributed by atoms with Gasteiger partial charge in [-0.1, -0.05) is 26.7 Å². The molecule has 2 fully saturated rings. The Labute approximate surface area is 142 Å². The first-order valence-electron chi connectivity index (χ1n) is 8.66. The third-order valence-electron chi connectivity index (χ3n) is 5.11. The molecule has 1 saturated heterocycles. The monoisotopic (exact) mass is 338 g/mol. The molecule has 0 aromatic heterocycles. The Hall–Kier alpha value is -1.92. The molecule has 0 bridgehead atoms. The lowest BCUT2D eigenvalue weighted by atomic mass is 9.78. The second kappa shape index (κ2) is 8.26. The summed E-state index contributed by atoms with van der Waals surface area (Å²) in [5.74, 6) is -0.421. The Morgan fingerprint density at radius 3 is 2.50 bits per heavy atom. The van der Waals surface area contributed by atoms with Crippen LogP contribution in [0.4, 0.5) is 0 Å². The van der Waals surface area contributed by atoms with E-state index in [9.17, 15) is 19.2 Å². The van der Waals surface area contributed by atoms with Gasteiger partial charge in [-0.15, -0.1) is 0 Å². The van der Waals surface area contributed by atoms with Gasteiger partial charge >= 0.3 is 5.97 Å². The van der Waals surface area contributed by atoms with Crippen molar-refractivity contribution in [3.8, 4) is 0 Å². The van der Waals surface area contributed by atoms with Crippen LogP contribution in [0.15, 0.2) is 0 Å². The van der Waals surface area contributed by atoms with E-state index in [2.05, 4.69) is 19.2 Å². The molecule has 1 heterocycles. The number of esters is 1. The van der Waals surface area contributed by atoms with Crippen molar-refractivity contribution in [3.63, 3.8) is 0 Å². The Bertz CT molecular complexity index is 503. The molecule has 24 heavy (non-hydrogen) atoms. The van der Waals surface area contributed by atoms with Crippen LogP contribution in [0.25, 0.3) is 0 Å². The van der Waals surface area contributed by atoms with Crippen LogP contribution in [0.3, 0.4) is 0 Å². The number of amides is 3. The van der Waals surface area contributed by atoms with Gasteiger partial charge < -0.3 is 10.1 Å². The average molecular weight is 338 g/mol. The summed E-state index contributed by atoms with van der Waals surface area (Å²) in [5, 5.41) is 2.93. The molecule has 1 N–H and O–H groups in total. The van der Waals surface area contributed by atoms with Gasteiger partial charge in [-0.05, 0) is 18.3 Å². The van der Waals surface area contributed by atoms with Crippen molar-refractivity contribution in [3.05, 3.63) is 0 Å². The molecule has 1 saturated carbocycles. The quantitative estimate of drug-likeness (QED) is 0.576. The third-order valence-corrected chi connectivity index (χ3v) is 5.11. The Balaban J connectivity index is 1.67. The molecule has 7 nitrogen and oxygen atoms in total. The van der Waals surface area contributed by atoms with Crippen LogP contribution in [0.2, 0.25) is 0 Å². The van der Waals surface area contributed by atoms with E-state index in [-0.39, 0.29) is 56.2 Å². The van der Waals surface area contributed by atoms with E-state index in [1.54, 1.807) is 0 Å². The van der Waals surface area contributed by atoms with Crippen molar-refractivity contribution in [1.82, 2.24) is 10.2 Å². The molecular weight excluding hydrogens is 312 g/mol. The average Bonchev–Trinajstić information content (AvgIpc) is 2.86. The fourth-order valence-electron chi connectivity index (χ4n) is 3.33. The lowest BCUT2D eigenvalue weighted by molar-refractivity contribution is -0.150. The van der Waals surface area contributed by atoms with Crippen LogP contribution in [-0.4, -0.2) is 47.8 Å². The minimum Gasteiger partial charge on any atom is -0.456 e. The highest BCUT2D eigenvalue weighted by Crippen LogP contribution is 2.29. The number of likely N-dealkylation sites (tertiary alicyclic amines) is 1. The maximum atomic E-state index is 11.9. The van der Waals surface area contributed by atoms with Gasteiger partial charge in [0.1, 0.15) is 0 Å². The number of carbonyl (C=O) groups is 4. The number of rotatable bonds is 6. The molecule has 0 aromatic rings. The lowest BCUT2D eigenvalue weighted by Gasteiger charge is -2.34. The Morgan fingerprint density at radius 2 is 1.83 bits per heavy atom. The van der Waals surface area contributed by atoms with Crippen molar-refractivity contribution >= 4 is 23.7 Å². The van der Waals surface area contributed by atoms with Crippen LogP contribution in [-0.2, 0) is 23.9 Å². The maximum absolute atomic E-state index is 11.9. The van der Waals surface area contributed by atoms with E-state index in [4.69, 9.17) is 4.74 Å². The molecule has 3 atom stereocenters. The Morgan fingerprint density at radius 1 is 1.17 bits per heavy atom. The number of carbonyl (C=O) groups excluding carboxylic acids is 4. The zero-order valence-electron chi connectivity index (χ0n) is 14.4. The van der Waals surface area contributed by atoms with E-state index in [1.165, 1.54) is 6.42 Å². The molecule has 0 radical (unpaired) electrons. The summed E-state index contributed by atoms with van der Waals surface area (Å²) in [4.78, 5) is 47.5. The number of hydrogen-bond donors (Lipinski definition) is 1. The highest BCUT2D eigenvalue weighted by Gasteiger charge is 2.30. The molecule has 7 heteroatoms. The van der Waals surface area contributed by atoms with Crippen molar-refractivity contribution in [2.75, 3.05) is 13.2 Å². The molecule has 134 valence electrons.